The van der Waals surface area contributed by atoms with Gasteiger partial charge in [-0.15, -0.1) is 0 Å². The Kier molecular flexibility index (Phi) is 6.71. The van der Waals surface area contributed by atoms with Gasteiger partial charge in [-0.05, 0) is 43.7 Å². The van der Waals surface area contributed by atoms with Gasteiger partial charge in [-0.1, -0.05) is 6.92 Å². The normalized spacial score (nSPS) is 16.7. The molecular formula is C19H27FN4O2. The van der Waals surface area contributed by atoms with Gasteiger partial charge in [0.25, 0.3) is 0 Å². The molecule has 0 bridgehead atoms. The SMILES string of the molecule is CC[C@@H](O)Cn1nc(-c2ccc(F)cc2)nc1CCCN1CCOCC1. The van der Waals surface area contributed by atoms with Crippen molar-refractivity contribution in [2.75, 3.05) is 32.8 Å². The number of hydrogen-bond donors (Lipinski definition) is 1. The third-order valence-corrected chi connectivity index (χ3v) is 4.68. The number of aromatic nitrogens is 3. The van der Waals surface area contributed by atoms with Crippen molar-refractivity contribution in [1.82, 2.24) is 19.7 Å². The number of ether oxygens (including phenoxy) is 1. The van der Waals surface area contributed by atoms with E-state index in [1.165, 1.54) is 12.1 Å². The Morgan fingerprint density at radius 1 is 1.23 bits per heavy atom. The van der Waals surface area contributed by atoms with Crippen LogP contribution in [0.5, 0.6) is 0 Å². The maximum atomic E-state index is 13.2. The first kappa shape index (κ1) is 18.9. The lowest BCUT2D eigenvalue weighted by Gasteiger charge is -2.26. The topological polar surface area (TPSA) is 63.4 Å². The van der Waals surface area contributed by atoms with Crippen LogP contribution in [-0.4, -0.2) is 63.7 Å². The third-order valence-electron chi connectivity index (χ3n) is 4.68. The van der Waals surface area contributed by atoms with Crippen LogP contribution in [0.4, 0.5) is 4.39 Å². The maximum absolute atomic E-state index is 13.2. The van der Waals surface area contributed by atoms with Crippen LogP contribution in [0.25, 0.3) is 11.4 Å². The molecule has 1 saturated heterocycles. The van der Waals surface area contributed by atoms with Crippen LogP contribution in [-0.2, 0) is 17.7 Å². The Morgan fingerprint density at radius 2 is 1.96 bits per heavy atom. The Labute approximate surface area is 153 Å². The Morgan fingerprint density at radius 3 is 2.65 bits per heavy atom. The van der Waals surface area contributed by atoms with Gasteiger partial charge in [0.2, 0.25) is 0 Å². The lowest BCUT2D eigenvalue weighted by atomic mass is 10.2. The van der Waals surface area contributed by atoms with Gasteiger partial charge in [0.1, 0.15) is 11.6 Å². The summed E-state index contributed by atoms with van der Waals surface area (Å²) in [5, 5.41) is 14.6. The summed E-state index contributed by atoms with van der Waals surface area (Å²) in [4.78, 5) is 7.05. The fourth-order valence-corrected chi connectivity index (χ4v) is 3.04. The zero-order valence-corrected chi connectivity index (χ0v) is 15.3. The minimum atomic E-state index is -0.448. The molecule has 1 aromatic carbocycles. The summed E-state index contributed by atoms with van der Waals surface area (Å²) >= 11 is 0. The first-order chi connectivity index (χ1) is 12.7. The maximum Gasteiger partial charge on any atom is 0.181 e. The second-order valence-corrected chi connectivity index (χ2v) is 6.66. The predicted molar refractivity (Wildman–Crippen MR) is 97.3 cm³/mol. The van der Waals surface area contributed by atoms with Crippen LogP contribution in [0.2, 0.25) is 0 Å². The second kappa shape index (κ2) is 9.21. The first-order valence-corrected chi connectivity index (χ1v) is 9.33. The van der Waals surface area contributed by atoms with Crippen molar-refractivity contribution in [2.45, 2.75) is 38.8 Å². The highest BCUT2D eigenvalue weighted by molar-refractivity contribution is 5.54. The number of halogens is 1. The Balaban J connectivity index is 1.69. The molecule has 1 aromatic heterocycles. The van der Waals surface area contributed by atoms with Gasteiger partial charge in [-0.3, -0.25) is 4.90 Å². The summed E-state index contributed by atoms with van der Waals surface area (Å²) in [6.07, 6.45) is 1.99. The minimum Gasteiger partial charge on any atom is -0.391 e. The van der Waals surface area contributed by atoms with Crippen molar-refractivity contribution in [3.8, 4) is 11.4 Å². The average molecular weight is 362 g/mol. The molecular weight excluding hydrogens is 335 g/mol. The van der Waals surface area contributed by atoms with E-state index >= 15 is 0 Å². The second-order valence-electron chi connectivity index (χ2n) is 6.66. The zero-order chi connectivity index (χ0) is 18.4. The lowest BCUT2D eigenvalue weighted by Crippen LogP contribution is -2.37. The Hall–Kier alpha value is -1.83. The molecule has 1 N–H and O–H groups in total. The minimum absolute atomic E-state index is 0.277. The molecule has 2 aromatic rings. The van der Waals surface area contributed by atoms with Crippen LogP contribution < -0.4 is 0 Å². The predicted octanol–water partition coefficient (Wildman–Crippen LogP) is 2.12. The van der Waals surface area contributed by atoms with E-state index in [4.69, 9.17) is 4.74 Å². The van der Waals surface area contributed by atoms with Gasteiger partial charge in [0.05, 0.1) is 25.9 Å². The number of nitrogens with zero attached hydrogens (tertiary/aromatic N) is 4. The fraction of sp³-hybridized carbons (Fsp3) is 0.579. The molecule has 26 heavy (non-hydrogen) atoms. The quantitative estimate of drug-likeness (QED) is 0.779. The zero-order valence-electron chi connectivity index (χ0n) is 15.3. The van der Waals surface area contributed by atoms with Crippen LogP contribution in [0, 0.1) is 5.82 Å². The molecule has 142 valence electrons. The van der Waals surface area contributed by atoms with E-state index in [1.54, 1.807) is 16.8 Å². The highest BCUT2D eigenvalue weighted by atomic mass is 19.1. The average Bonchev–Trinajstić information content (AvgIpc) is 3.05. The molecule has 0 radical (unpaired) electrons. The highest BCUT2D eigenvalue weighted by Gasteiger charge is 2.15. The summed E-state index contributed by atoms with van der Waals surface area (Å²) in [5.74, 6) is 1.17. The third kappa shape index (κ3) is 5.09. The summed E-state index contributed by atoms with van der Waals surface area (Å²) in [6.45, 7) is 6.92. The number of aryl methyl sites for hydroxylation is 1. The van der Waals surface area contributed by atoms with E-state index in [-0.39, 0.29) is 5.82 Å². The van der Waals surface area contributed by atoms with Gasteiger partial charge in [-0.2, -0.15) is 5.10 Å². The molecule has 3 rings (SSSR count). The van der Waals surface area contributed by atoms with E-state index in [1.807, 2.05) is 6.92 Å². The summed E-state index contributed by atoms with van der Waals surface area (Å²) < 4.78 is 20.3. The van der Waals surface area contributed by atoms with Crippen molar-refractivity contribution in [2.24, 2.45) is 0 Å². The van der Waals surface area contributed by atoms with Crippen LogP contribution >= 0.6 is 0 Å². The molecule has 1 aliphatic rings. The number of morpholine rings is 1. The molecule has 1 fully saturated rings. The molecule has 0 amide bonds. The number of aliphatic hydroxyl groups excluding tert-OH is 1. The van der Waals surface area contributed by atoms with E-state index < -0.39 is 6.10 Å². The summed E-state index contributed by atoms with van der Waals surface area (Å²) in [7, 11) is 0. The van der Waals surface area contributed by atoms with E-state index in [2.05, 4.69) is 15.0 Å². The number of benzene rings is 1. The molecule has 0 aliphatic carbocycles. The monoisotopic (exact) mass is 362 g/mol. The van der Waals surface area contributed by atoms with Gasteiger partial charge < -0.3 is 9.84 Å². The van der Waals surface area contributed by atoms with Gasteiger partial charge in [0, 0.05) is 25.1 Å². The van der Waals surface area contributed by atoms with Crippen LogP contribution in [0.1, 0.15) is 25.6 Å². The van der Waals surface area contributed by atoms with Crippen LogP contribution in [0.15, 0.2) is 24.3 Å². The molecule has 0 saturated carbocycles. The van der Waals surface area contributed by atoms with Crippen LogP contribution in [0.3, 0.4) is 0 Å². The van der Waals surface area contributed by atoms with Crippen molar-refractivity contribution in [3.63, 3.8) is 0 Å². The standard InChI is InChI=1S/C19H27FN4O2/c1-2-17(25)14-24-18(4-3-9-23-10-12-26-13-11-23)21-19(22-24)15-5-7-16(20)8-6-15/h5-8,17,25H,2-4,9-14H2,1H3/t17-/m1/s1. The number of hydrogen-bond acceptors (Lipinski definition) is 5. The van der Waals surface area contributed by atoms with E-state index in [9.17, 15) is 9.50 Å². The van der Waals surface area contributed by atoms with E-state index in [0.29, 0.717) is 18.8 Å². The van der Waals surface area contributed by atoms with Gasteiger partial charge in [0.15, 0.2) is 5.82 Å². The van der Waals surface area contributed by atoms with Gasteiger partial charge in [-0.25, -0.2) is 14.1 Å². The molecule has 0 spiro atoms. The molecule has 7 heteroatoms. The van der Waals surface area contributed by atoms with Crippen molar-refractivity contribution < 1.29 is 14.2 Å². The largest absolute Gasteiger partial charge is 0.391 e. The van der Waals surface area contributed by atoms with Crippen molar-refractivity contribution >= 4 is 0 Å². The van der Waals surface area contributed by atoms with E-state index in [0.717, 1.165) is 57.1 Å². The summed E-state index contributed by atoms with van der Waals surface area (Å²) in [6, 6.07) is 6.19. The molecule has 0 unspecified atom stereocenters. The summed E-state index contributed by atoms with van der Waals surface area (Å²) in [5.41, 5.74) is 0.783. The number of rotatable bonds is 8. The molecule has 1 atom stereocenters. The smallest absolute Gasteiger partial charge is 0.181 e. The lowest BCUT2D eigenvalue weighted by molar-refractivity contribution is 0.0373. The highest BCUT2D eigenvalue weighted by Crippen LogP contribution is 2.18. The Bertz CT molecular complexity index is 683. The van der Waals surface area contributed by atoms with Gasteiger partial charge >= 0.3 is 0 Å². The van der Waals surface area contributed by atoms with Crippen molar-refractivity contribution in [1.29, 1.82) is 0 Å². The number of aliphatic hydroxyl groups is 1. The molecule has 6 nitrogen and oxygen atoms in total. The molecule has 2 heterocycles. The first-order valence-electron chi connectivity index (χ1n) is 9.33. The fourth-order valence-electron chi connectivity index (χ4n) is 3.04. The molecule has 1 aliphatic heterocycles. The van der Waals surface area contributed by atoms with Crippen molar-refractivity contribution in [3.05, 3.63) is 35.9 Å².